The first-order chi connectivity index (χ1) is 18.2. The lowest BCUT2D eigenvalue weighted by Gasteiger charge is -2.26. The van der Waals surface area contributed by atoms with Gasteiger partial charge in [0.25, 0.3) is 11.7 Å². The average Bonchev–Trinajstić information content (AvgIpc) is 3.17. The number of ether oxygens (including phenoxy) is 2. The molecule has 2 aliphatic rings. The number of benzene rings is 3. The monoisotopic (exact) mass is 523 g/mol. The van der Waals surface area contributed by atoms with Crippen molar-refractivity contribution in [1.82, 2.24) is 0 Å². The van der Waals surface area contributed by atoms with Crippen molar-refractivity contribution in [2.24, 2.45) is 0 Å². The number of ketones is 1. The number of hydrogen-bond donors (Lipinski definition) is 1. The molecule has 1 atom stereocenters. The van der Waals surface area contributed by atoms with Gasteiger partial charge < -0.3 is 14.6 Å². The molecule has 0 aromatic heterocycles. The molecule has 3 aromatic rings. The predicted molar refractivity (Wildman–Crippen MR) is 134 cm³/mol. The topological polar surface area (TPSA) is 76.1 Å². The van der Waals surface area contributed by atoms with Gasteiger partial charge in [0.1, 0.15) is 17.3 Å². The van der Waals surface area contributed by atoms with Crippen LogP contribution >= 0.6 is 0 Å². The highest BCUT2D eigenvalue weighted by molar-refractivity contribution is 6.51. The van der Waals surface area contributed by atoms with Crippen molar-refractivity contribution < 1.29 is 37.3 Å². The van der Waals surface area contributed by atoms with E-state index in [0.717, 1.165) is 48.3 Å². The van der Waals surface area contributed by atoms with Crippen molar-refractivity contribution in [3.8, 4) is 11.5 Å². The van der Waals surface area contributed by atoms with Crippen molar-refractivity contribution in [1.29, 1.82) is 0 Å². The number of halogens is 3. The molecule has 0 radical (unpaired) electrons. The van der Waals surface area contributed by atoms with E-state index < -0.39 is 29.8 Å². The summed E-state index contributed by atoms with van der Waals surface area (Å²) in [4.78, 5) is 27.8. The van der Waals surface area contributed by atoms with Crippen molar-refractivity contribution in [3.05, 3.63) is 94.6 Å². The van der Waals surface area contributed by atoms with E-state index in [9.17, 15) is 27.9 Å². The molecular formula is C29H24F3NO5. The highest BCUT2D eigenvalue weighted by atomic mass is 19.4. The Balaban J connectivity index is 1.67. The number of nitrogens with zero attached hydrogens (tertiary/aromatic N) is 1. The Labute approximate surface area is 216 Å². The molecule has 5 rings (SSSR count). The van der Waals surface area contributed by atoms with Crippen LogP contribution in [0.25, 0.3) is 5.76 Å². The minimum absolute atomic E-state index is 0.00570. The number of aryl methyl sites for hydroxylation is 2. The number of aliphatic hydroxyl groups excluding tert-OH is 1. The second kappa shape index (κ2) is 9.89. The number of amides is 1. The average molecular weight is 524 g/mol. The van der Waals surface area contributed by atoms with E-state index in [1.54, 1.807) is 30.3 Å². The lowest BCUT2D eigenvalue weighted by atomic mass is 9.88. The maximum Gasteiger partial charge on any atom is 0.573 e. The van der Waals surface area contributed by atoms with E-state index in [0.29, 0.717) is 16.9 Å². The van der Waals surface area contributed by atoms with Crippen LogP contribution in [0.4, 0.5) is 18.9 Å². The first kappa shape index (κ1) is 25.4. The summed E-state index contributed by atoms with van der Waals surface area (Å²) in [5.41, 5.74) is 2.92. The maximum absolute atomic E-state index is 13.4. The fourth-order valence-electron chi connectivity index (χ4n) is 5.09. The van der Waals surface area contributed by atoms with Crippen molar-refractivity contribution in [3.63, 3.8) is 0 Å². The number of carbonyl (C=O) groups is 2. The van der Waals surface area contributed by atoms with E-state index in [4.69, 9.17) is 4.74 Å². The molecule has 1 aliphatic carbocycles. The van der Waals surface area contributed by atoms with Crippen LogP contribution in [0.5, 0.6) is 11.5 Å². The molecule has 1 N–H and O–H groups in total. The standard InChI is InChI=1S/C29H24F3NO5/c1-37-22-10-4-8-19(15-22)25-24(26(34)20-13-12-17-6-2-3-7-18(17)14-20)27(35)28(36)33(25)21-9-5-11-23(16-21)38-29(30,31)32/h4-5,8-16,25,34H,2-3,6-7H2,1H3/b26-24-. The smallest absolute Gasteiger partial charge is 0.507 e. The maximum atomic E-state index is 13.4. The molecule has 1 heterocycles. The number of rotatable bonds is 5. The molecular weight excluding hydrogens is 499 g/mol. The summed E-state index contributed by atoms with van der Waals surface area (Å²) < 4.78 is 48.0. The second-order valence-electron chi connectivity index (χ2n) is 9.18. The van der Waals surface area contributed by atoms with E-state index in [2.05, 4.69) is 4.74 Å². The van der Waals surface area contributed by atoms with Gasteiger partial charge in [-0.15, -0.1) is 13.2 Å². The molecule has 1 unspecified atom stereocenters. The van der Waals surface area contributed by atoms with E-state index in [1.165, 1.54) is 24.8 Å². The number of hydrogen-bond acceptors (Lipinski definition) is 5. The van der Waals surface area contributed by atoms with Crippen LogP contribution in [-0.2, 0) is 22.4 Å². The van der Waals surface area contributed by atoms with Gasteiger partial charge in [-0.25, -0.2) is 0 Å². The Morgan fingerprint density at radius 1 is 0.921 bits per heavy atom. The van der Waals surface area contributed by atoms with E-state index in [1.807, 2.05) is 12.1 Å². The normalized spacial score (nSPS) is 18.8. The van der Waals surface area contributed by atoms with Crippen molar-refractivity contribution >= 4 is 23.1 Å². The predicted octanol–water partition coefficient (Wildman–Crippen LogP) is 6.10. The van der Waals surface area contributed by atoms with Gasteiger partial charge in [-0.2, -0.15) is 0 Å². The molecule has 1 aliphatic heterocycles. The molecule has 9 heteroatoms. The number of aliphatic hydroxyl groups is 1. The van der Waals surface area contributed by atoms with Gasteiger partial charge >= 0.3 is 6.36 Å². The number of fused-ring (bicyclic) bond motifs is 1. The fraction of sp³-hybridized carbons (Fsp3) is 0.241. The number of methoxy groups -OCH3 is 1. The quantitative estimate of drug-likeness (QED) is 0.249. The largest absolute Gasteiger partial charge is 0.573 e. The summed E-state index contributed by atoms with van der Waals surface area (Å²) in [6, 6.07) is 15.8. The Morgan fingerprint density at radius 3 is 2.37 bits per heavy atom. The third-order valence-corrected chi connectivity index (χ3v) is 6.81. The summed E-state index contributed by atoms with van der Waals surface area (Å²) in [7, 11) is 1.46. The molecule has 0 saturated carbocycles. The molecule has 0 spiro atoms. The number of alkyl halides is 3. The van der Waals surface area contributed by atoms with Crippen LogP contribution in [-0.4, -0.2) is 30.3 Å². The first-order valence-corrected chi connectivity index (χ1v) is 12.1. The highest BCUT2D eigenvalue weighted by Crippen LogP contribution is 2.44. The first-order valence-electron chi connectivity index (χ1n) is 12.1. The molecule has 1 amide bonds. The van der Waals surface area contributed by atoms with Crippen LogP contribution in [0.3, 0.4) is 0 Å². The lowest BCUT2D eigenvalue weighted by molar-refractivity contribution is -0.274. The Kier molecular flexibility index (Phi) is 6.60. The zero-order valence-corrected chi connectivity index (χ0v) is 20.4. The second-order valence-corrected chi connectivity index (χ2v) is 9.18. The summed E-state index contributed by atoms with van der Waals surface area (Å²) >= 11 is 0. The lowest BCUT2D eigenvalue weighted by Crippen LogP contribution is -2.29. The Morgan fingerprint density at radius 2 is 1.63 bits per heavy atom. The van der Waals surface area contributed by atoms with Crippen LogP contribution < -0.4 is 14.4 Å². The molecule has 196 valence electrons. The van der Waals surface area contributed by atoms with Gasteiger partial charge in [0, 0.05) is 17.3 Å². The SMILES string of the molecule is COc1cccc(C2/C(=C(/O)c3ccc4c(c3)CCCC4)C(=O)C(=O)N2c2cccc(OC(F)(F)F)c2)c1. The van der Waals surface area contributed by atoms with Gasteiger partial charge in [-0.05, 0) is 72.7 Å². The summed E-state index contributed by atoms with van der Waals surface area (Å²) in [5.74, 6) is -2.39. The minimum atomic E-state index is -4.94. The minimum Gasteiger partial charge on any atom is -0.507 e. The van der Waals surface area contributed by atoms with Gasteiger partial charge in [-0.1, -0.05) is 30.3 Å². The van der Waals surface area contributed by atoms with E-state index in [-0.39, 0.29) is 17.0 Å². The molecule has 6 nitrogen and oxygen atoms in total. The number of anilines is 1. The van der Waals surface area contributed by atoms with Crippen LogP contribution in [0.15, 0.2) is 72.3 Å². The molecule has 0 bridgehead atoms. The fourth-order valence-corrected chi connectivity index (χ4v) is 5.09. The summed E-state index contributed by atoms with van der Waals surface area (Å²) in [6.45, 7) is 0. The molecule has 38 heavy (non-hydrogen) atoms. The Bertz CT molecular complexity index is 1450. The molecule has 1 saturated heterocycles. The zero-order valence-electron chi connectivity index (χ0n) is 20.4. The van der Waals surface area contributed by atoms with E-state index >= 15 is 0 Å². The number of Topliss-reactive ketones (excluding diaryl/α,β-unsaturated/α-hetero) is 1. The van der Waals surface area contributed by atoms with Crippen LogP contribution in [0.1, 0.15) is 41.1 Å². The molecule has 3 aromatic carbocycles. The van der Waals surface area contributed by atoms with Crippen LogP contribution in [0, 0.1) is 0 Å². The van der Waals surface area contributed by atoms with Gasteiger partial charge in [-0.3, -0.25) is 14.5 Å². The molecule has 1 fully saturated rings. The Hall–Kier alpha value is -4.27. The van der Waals surface area contributed by atoms with Crippen molar-refractivity contribution in [2.75, 3.05) is 12.0 Å². The third kappa shape index (κ3) is 4.83. The third-order valence-electron chi connectivity index (χ3n) is 6.81. The van der Waals surface area contributed by atoms with Gasteiger partial charge in [0.15, 0.2) is 0 Å². The van der Waals surface area contributed by atoms with Crippen molar-refractivity contribution in [2.45, 2.75) is 38.1 Å². The van der Waals surface area contributed by atoms with Gasteiger partial charge in [0.05, 0.1) is 18.7 Å². The highest BCUT2D eigenvalue weighted by Gasteiger charge is 2.47. The van der Waals surface area contributed by atoms with Crippen LogP contribution in [0.2, 0.25) is 0 Å². The summed E-state index contributed by atoms with van der Waals surface area (Å²) in [6.07, 6.45) is -1.07. The number of carbonyl (C=O) groups excluding carboxylic acids is 2. The van der Waals surface area contributed by atoms with Gasteiger partial charge in [0.2, 0.25) is 0 Å². The zero-order chi connectivity index (χ0) is 27.0. The summed E-state index contributed by atoms with van der Waals surface area (Å²) in [5, 5.41) is 11.4.